The molecule has 3 heteroatoms. The van der Waals surface area contributed by atoms with Crippen LogP contribution in [0.1, 0.15) is 44.6 Å². The van der Waals surface area contributed by atoms with Crippen molar-refractivity contribution in [3.05, 3.63) is 35.9 Å². The van der Waals surface area contributed by atoms with Crippen molar-refractivity contribution in [3.8, 4) is 0 Å². The molecular weight excluding hydrogens is 282 g/mol. The molecule has 23 heavy (non-hydrogen) atoms. The summed E-state index contributed by atoms with van der Waals surface area (Å²) in [6.07, 6.45) is 9.00. The van der Waals surface area contributed by atoms with Crippen LogP contribution in [0.5, 0.6) is 0 Å². The fraction of sp³-hybridized carbons (Fsp3) is 0.650. The lowest BCUT2D eigenvalue weighted by molar-refractivity contribution is 0.109. The molecule has 2 aliphatic heterocycles. The molecule has 4 rings (SSSR count). The van der Waals surface area contributed by atoms with E-state index in [1.54, 1.807) is 0 Å². The summed E-state index contributed by atoms with van der Waals surface area (Å²) >= 11 is 0. The topological polar surface area (TPSA) is 27.6 Å². The fourth-order valence-corrected chi connectivity index (χ4v) is 4.73. The molecule has 0 radical (unpaired) electrons. The molecule has 2 fully saturated rings. The van der Waals surface area contributed by atoms with E-state index in [-0.39, 0.29) is 0 Å². The maximum Gasteiger partial charge on any atom is 0.0614 e. The summed E-state index contributed by atoms with van der Waals surface area (Å²) in [4.78, 5) is 0. The lowest BCUT2D eigenvalue weighted by atomic mass is 9.73. The third kappa shape index (κ3) is 3.30. The predicted octanol–water partition coefficient (Wildman–Crippen LogP) is 3.66. The molecule has 5 atom stereocenters. The van der Waals surface area contributed by atoms with Crippen molar-refractivity contribution in [2.24, 2.45) is 22.9 Å². The Labute approximate surface area is 140 Å². The molecule has 0 amide bonds. The van der Waals surface area contributed by atoms with Crippen molar-refractivity contribution in [2.45, 2.75) is 57.7 Å². The van der Waals surface area contributed by atoms with E-state index < -0.39 is 0 Å². The summed E-state index contributed by atoms with van der Waals surface area (Å²) in [7, 11) is 0. The van der Waals surface area contributed by atoms with Crippen molar-refractivity contribution in [3.63, 3.8) is 0 Å². The smallest absolute Gasteiger partial charge is 0.0614 e. The molecule has 2 heterocycles. The SMILES string of the molecule is CC1CCC(C2CCC3C(C=NN3Cc3ccccc3)C2)NC1. The number of rotatable bonds is 3. The van der Waals surface area contributed by atoms with Crippen molar-refractivity contribution >= 4 is 6.21 Å². The van der Waals surface area contributed by atoms with E-state index in [9.17, 15) is 0 Å². The molecule has 5 unspecified atom stereocenters. The van der Waals surface area contributed by atoms with Crippen molar-refractivity contribution < 1.29 is 0 Å². The number of benzene rings is 1. The Bertz CT molecular complexity index is 533. The highest BCUT2D eigenvalue weighted by Crippen LogP contribution is 2.38. The van der Waals surface area contributed by atoms with Crippen LogP contribution in [0.25, 0.3) is 0 Å². The van der Waals surface area contributed by atoms with E-state index in [0.717, 1.165) is 24.4 Å². The first-order valence-electron chi connectivity index (χ1n) is 9.37. The van der Waals surface area contributed by atoms with Crippen LogP contribution in [0, 0.1) is 17.8 Å². The van der Waals surface area contributed by atoms with E-state index in [0.29, 0.717) is 12.0 Å². The highest BCUT2D eigenvalue weighted by molar-refractivity contribution is 5.64. The zero-order valence-electron chi connectivity index (χ0n) is 14.2. The molecule has 1 aromatic carbocycles. The molecule has 1 N–H and O–H groups in total. The lowest BCUT2D eigenvalue weighted by Gasteiger charge is -2.40. The zero-order valence-corrected chi connectivity index (χ0v) is 14.2. The van der Waals surface area contributed by atoms with Crippen LogP contribution in [0.4, 0.5) is 0 Å². The minimum atomic E-state index is 0.633. The second-order valence-electron chi connectivity index (χ2n) is 7.85. The number of nitrogens with one attached hydrogen (secondary N) is 1. The summed E-state index contributed by atoms with van der Waals surface area (Å²) in [5.74, 6) is 2.38. The Morgan fingerprint density at radius 2 is 2.00 bits per heavy atom. The summed E-state index contributed by atoms with van der Waals surface area (Å²) in [5.41, 5.74) is 1.37. The van der Waals surface area contributed by atoms with Crippen LogP contribution >= 0.6 is 0 Å². The monoisotopic (exact) mass is 311 g/mol. The van der Waals surface area contributed by atoms with Gasteiger partial charge < -0.3 is 5.32 Å². The van der Waals surface area contributed by atoms with Gasteiger partial charge >= 0.3 is 0 Å². The number of piperidine rings is 1. The lowest BCUT2D eigenvalue weighted by Crippen LogP contribution is -2.47. The Hall–Kier alpha value is -1.35. The van der Waals surface area contributed by atoms with Gasteiger partial charge in [0, 0.05) is 18.2 Å². The van der Waals surface area contributed by atoms with Gasteiger partial charge in [0.25, 0.3) is 0 Å². The van der Waals surface area contributed by atoms with E-state index >= 15 is 0 Å². The Morgan fingerprint density at radius 1 is 1.13 bits per heavy atom. The third-order valence-corrected chi connectivity index (χ3v) is 6.15. The molecule has 1 aliphatic carbocycles. The first-order chi connectivity index (χ1) is 11.3. The fourth-order valence-electron chi connectivity index (χ4n) is 4.73. The van der Waals surface area contributed by atoms with Gasteiger partial charge in [0.15, 0.2) is 0 Å². The molecule has 124 valence electrons. The highest BCUT2D eigenvalue weighted by atomic mass is 15.5. The Kier molecular flexibility index (Phi) is 4.39. The average Bonchev–Trinajstić information content (AvgIpc) is 2.99. The molecule has 3 aliphatic rings. The molecule has 1 saturated carbocycles. The van der Waals surface area contributed by atoms with Crippen LogP contribution < -0.4 is 5.32 Å². The van der Waals surface area contributed by atoms with Gasteiger partial charge in [-0.25, -0.2) is 0 Å². The molecule has 0 bridgehead atoms. The normalized spacial score (nSPS) is 36.9. The van der Waals surface area contributed by atoms with E-state index in [1.807, 2.05) is 0 Å². The van der Waals surface area contributed by atoms with Crippen LogP contribution in [0.3, 0.4) is 0 Å². The maximum absolute atomic E-state index is 4.76. The Balaban J connectivity index is 1.35. The largest absolute Gasteiger partial charge is 0.313 e. The molecule has 0 spiro atoms. The number of fused-ring (bicyclic) bond motifs is 1. The summed E-state index contributed by atoms with van der Waals surface area (Å²) < 4.78 is 0. The van der Waals surface area contributed by atoms with Gasteiger partial charge in [0.1, 0.15) is 0 Å². The number of hydrogen-bond donors (Lipinski definition) is 1. The summed E-state index contributed by atoms with van der Waals surface area (Å²) in [5, 5.41) is 10.9. The summed E-state index contributed by atoms with van der Waals surface area (Å²) in [6, 6.07) is 12.1. The standard InChI is InChI=1S/C20H29N3/c1-15-7-9-19(21-12-15)17-8-10-20-18(11-17)13-22-23(20)14-16-5-3-2-4-6-16/h2-6,13,15,17-21H,7-12,14H2,1H3. The van der Waals surface area contributed by atoms with E-state index in [2.05, 4.69) is 53.8 Å². The third-order valence-electron chi connectivity index (χ3n) is 6.15. The minimum absolute atomic E-state index is 0.633. The van der Waals surface area contributed by atoms with Crippen LogP contribution in [0.15, 0.2) is 35.4 Å². The second-order valence-corrected chi connectivity index (χ2v) is 7.85. The van der Waals surface area contributed by atoms with Gasteiger partial charge in [-0.1, -0.05) is 37.3 Å². The predicted molar refractivity (Wildman–Crippen MR) is 95.3 cm³/mol. The van der Waals surface area contributed by atoms with E-state index in [4.69, 9.17) is 5.10 Å². The Morgan fingerprint density at radius 3 is 2.78 bits per heavy atom. The molecule has 0 aromatic heterocycles. The van der Waals surface area contributed by atoms with Gasteiger partial charge in [-0.3, -0.25) is 5.01 Å². The van der Waals surface area contributed by atoms with Crippen molar-refractivity contribution in [1.82, 2.24) is 10.3 Å². The van der Waals surface area contributed by atoms with Crippen molar-refractivity contribution in [1.29, 1.82) is 0 Å². The quantitative estimate of drug-likeness (QED) is 0.922. The first kappa shape index (κ1) is 15.2. The zero-order chi connectivity index (χ0) is 15.6. The molecular formula is C20H29N3. The van der Waals surface area contributed by atoms with Gasteiger partial charge in [-0.2, -0.15) is 5.10 Å². The second kappa shape index (κ2) is 6.64. The van der Waals surface area contributed by atoms with Gasteiger partial charge in [-0.05, 0) is 56.0 Å². The molecule has 1 saturated heterocycles. The summed E-state index contributed by atoms with van der Waals surface area (Å²) in [6.45, 7) is 4.54. The van der Waals surface area contributed by atoms with Gasteiger partial charge in [0.05, 0.1) is 12.6 Å². The number of hydrogen-bond acceptors (Lipinski definition) is 3. The van der Waals surface area contributed by atoms with Crippen LogP contribution in [0.2, 0.25) is 0 Å². The molecule has 1 aromatic rings. The van der Waals surface area contributed by atoms with Gasteiger partial charge in [0.2, 0.25) is 0 Å². The highest BCUT2D eigenvalue weighted by Gasteiger charge is 2.39. The maximum atomic E-state index is 4.76. The van der Waals surface area contributed by atoms with E-state index in [1.165, 1.54) is 44.2 Å². The minimum Gasteiger partial charge on any atom is -0.313 e. The number of hydrazone groups is 1. The molecule has 3 nitrogen and oxygen atoms in total. The van der Waals surface area contributed by atoms with Crippen molar-refractivity contribution in [2.75, 3.05) is 6.54 Å². The first-order valence-corrected chi connectivity index (χ1v) is 9.37. The average molecular weight is 311 g/mol. The number of nitrogens with zero attached hydrogens (tertiary/aromatic N) is 2. The van der Waals surface area contributed by atoms with Gasteiger partial charge in [-0.15, -0.1) is 0 Å². The van der Waals surface area contributed by atoms with Crippen LogP contribution in [-0.2, 0) is 6.54 Å². The van der Waals surface area contributed by atoms with Crippen LogP contribution in [-0.4, -0.2) is 29.9 Å².